The summed E-state index contributed by atoms with van der Waals surface area (Å²) in [5.41, 5.74) is 3.05. The Bertz CT molecular complexity index is 1250. The van der Waals surface area contributed by atoms with Gasteiger partial charge in [-0.3, -0.25) is 4.72 Å². The van der Waals surface area contributed by atoms with Crippen LogP contribution in [0, 0.1) is 12.7 Å². The van der Waals surface area contributed by atoms with E-state index < -0.39 is 10.9 Å². The largest absolute Gasteiger partial charge is 0.359 e. The standard InChI is InChI=1S/C19H17FN6O2S/c1-11-10-14-15(22-11)6-7-16(18(14)20)24-17-8-9-21-19(25-17)23-12-2-4-13(5-3-12)26-29(27)28/h2-10,22,29H,1H3,(H,26,27,28)(H2,21,23,24,25). The number of nitrogens with one attached hydrogen (secondary N) is 4. The highest BCUT2D eigenvalue weighted by molar-refractivity contribution is 7.73. The first-order valence-corrected chi connectivity index (χ1v) is 9.82. The smallest absolute Gasteiger partial charge is 0.229 e. The van der Waals surface area contributed by atoms with Gasteiger partial charge in [-0.2, -0.15) is 4.98 Å². The lowest BCUT2D eigenvalue weighted by atomic mass is 10.2. The van der Waals surface area contributed by atoms with Gasteiger partial charge in [0.25, 0.3) is 0 Å². The number of aromatic amines is 1. The van der Waals surface area contributed by atoms with Gasteiger partial charge in [0, 0.05) is 34.2 Å². The van der Waals surface area contributed by atoms with Crippen LogP contribution in [0.2, 0.25) is 0 Å². The van der Waals surface area contributed by atoms with Crippen LogP contribution in [-0.2, 0) is 10.9 Å². The molecule has 0 atom stereocenters. The van der Waals surface area contributed by atoms with Crippen LogP contribution in [0.4, 0.5) is 33.2 Å². The maximum absolute atomic E-state index is 14.8. The number of hydrogen-bond donors (Lipinski definition) is 5. The van der Waals surface area contributed by atoms with E-state index in [2.05, 4.69) is 30.3 Å². The van der Waals surface area contributed by atoms with Gasteiger partial charge < -0.3 is 15.6 Å². The molecule has 0 spiro atoms. The van der Waals surface area contributed by atoms with Crippen molar-refractivity contribution in [1.29, 1.82) is 0 Å². The lowest BCUT2D eigenvalue weighted by molar-refractivity contribution is 0.619. The molecule has 4 aromatic rings. The van der Waals surface area contributed by atoms with Crippen LogP contribution in [-0.4, -0.2) is 23.4 Å². The molecule has 2 aromatic heterocycles. The molecule has 0 amide bonds. The van der Waals surface area contributed by atoms with Crippen molar-refractivity contribution in [2.45, 2.75) is 6.92 Å². The van der Waals surface area contributed by atoms with Crippen molar-refractivity contribution in [3.05, 3.63) is 66.2 Å². The normalized spacial score (nSPS) is 11.0. The number of aromatic nitrogens is 3. The summed E-state index contributed by atoms with van der Waals surface area (Å²) in [4.78, 5) is 11.6. The van der Waals surface area contributed by atoms with Gasteiger partial charge >= 0.3 is 0 Å². The lowest BCUT2D eigenvalue weighted by Crippen LogP contribution is -2.01. The van der Waals surface area contributed by atoms with Gasteiger partial charge in [-0.15, -0.1) is 0 Å². The molecule has 0 bridgehead atoms. The Morgan fingerprint density at radius 3 is 2.52 bits per heavy atom. The highest BCUT2D eigenvalue weighted by atomic mass is 32.2. The Morgan fingerprint density at radius 1 is 1.00 bits per heavy atom. The number of aryl methyl sites for hydroxylation is 1. The van der Waals surface area contributed by atoms with Crippen LogP contribution in [0.5, 0.6) is 0 Å². The summed E-state index contributed by atoms with van der Waals surface area (Å²) in [5.74, 6) is 0.374. The average molecular weight is 412 g/mol. The minimum Gasteiger partial charge on any atom is -0.359 e. The summed E-state index contributed by atoms with van der Waals surface area (Å²) in [6.45, 7) is 1.87. The van der Waals surface area contributed by atoms with E-state index >= 15 is 0 Å². The molecule has 0 aliphatic carbocycles. The number of thiol groups is 1. The van der Waals surface area contributed by atoms with Gasteiger partial charge in [0.05, 0.1) is 5.69 Å². The first kappa shape index (κ1) is 18.7. The Labute approximate surface area is 167 Å². The molecule has 29 heavy (non-hydrogen) atoms. The summed E-state index contributed by atoms with van der Waals surface area (Å²) in [6, 6.07) is 13.4. The van der Waals surface area contributed by atoms with Gasteiger partial charge in [-0.05, 0) is 55.5 Å². The first-order valence-electron chi connectivity index (χ1n) is 8.64. The third-order valence-corrected chi connectivity index (χ3v) is 4.59. The van der Waals surface area contributed by atoms with E-state index in [4.69, 9.17) is 0 Å². The number of H-pyrrole nitrogens is 1. The Kier molecular flexibility index (Phi) is 5.00. The highest BCUT2D eigenvalue weighted by Crippen LogP contribution is 2.27. The lowest BCUT2D eigenvalue weighted by Gasteiger charge is -2.10. The zero-order valence-electron chi connectivity index (χ0n) is 15.2. The molecular formula is C19H17FN6O2S. The van der Waals surface area contributed by atoms with Crippen LogP contribution in [0.3, 0.4) is 0 Å². The van der Waals surface area contributed by atoms with Crippen LogP contribution in [0.1, 0.15) is 5.69 Å². The predicted octanol–water partition coefficient (Wildman–Crippen LogP) is 3.83. The van der Waals surface area contributed by atoms with E-state index in [1.54, 1.807) is 54.7 Å². The van der Waals surface area contributed by atoms with Gasteiger partial charge in [-0.1, -0.05) is 0 Å². The fourth-order valence-corrected chi connectivity index (χ4v) is 3.25. The number of halogens is 1. The Hall–Kier alpha value is -3.66. The van der Waals surface area contributed by atoms with Crippen molar-refractivity contribution in [3.8, 4) is 0 Å². The molecule has 0 fully saturated rings. The Morgan fingerprint density at radius 2 is 1.76 bits per heavy atom. The third-order valence-electron chi connectivity index (χ3n) is 4.15. The molecule has 0 aliphatic rings. The van der Waals surface area contributed by atoms with Gasteiger partial charge in [0.2, 0.25) is 16.8 Å². The van der Waals surface area contributed by atoms with Gasteiger partial charge in [0.15, 0.2) is 5.82 Å². The van der Waals surface area contributed by atoms with Crippen molar-refractivity contribution in [1.82, 2.24) is 15.0 Å². The quantitative estimate of drug-likeness (QED) is 0.308. The van der Waals surface area contributed by atoms with Crippen molar-refractivity contribution < 1.29 is 12.8 Å². The molecule has 8 nitrogen and oxygen atoms in total. The summed E-state index contributed by atoms with van der Waals surface area (Å²) in [6.07, 6.45) is 1.55. The molecule has 0 unspecified atom stereocenters. The van der Waals surface area contributed by atoms with Crippen LogP contribution in [0.15, 0.2) is 54.7 Å². The minimum atomic E-state index is -2.71. The second-order valence-electron chi connectivity index (χ2n) is 6.30. The molecule has 2 heterocycles. The number of hydrogen-bond acceptors (Lipinski definition) is 6. The first-order chi connectivity index (χ1) is 14.0. The predicted molar refractivity (Wildman–Crippen MR) is 112 cm³/mol. The molecular weight excluding hydrogens is 395 g/mol. The van der Waals surface area contributed by atoms with Crippen LogP contribution in [0.25, 0.3) is 10.9 Å². The van der Waals surface area contributed by atoms with E-state index in [1.807, 2.05) is 6.92 Å². The van der Waals surface area contributed by atoms with E-state index in [0.29, 0.717) is 34.2 Å². The van der Waals surface area contributed by atoms with E-state index in [1.165, 1.54) is 0 Å². The summed E-state index contributed by atoms with van der Waals surface area (Å²) in [7, 11) is -2.71. The van der Waals surface area contributed by atoms with Crippen molar-refractivity contribution in [2.75, 3.05) is 15.4 Å². The Balaban J connectivity index is 1.52. The maximum atomic E-state index is 14.8. The monoisotopic (exact) mass is 412 g/mol. The molecule has 10 heteroatoms. The molecule has 148 valence electrons. The highest BCUT2D eigenvalue weighted by Gasteiger charge is 2.10. The summed E-state index contributed by atoms with van der Waals surface area (Å²) in [5, 5.41) is 6.50. The fourth-order valence-electron chi connectivity index (χ4n) is 2.89. The number of benzene rings is 2. The number of fused-ring (bicyclic) bond motifs is 1. The zero-order valence-corrected chi connectivity index (χ0v) is 16.1. The summed E-state index contributed by atoms with van der Waals surface area (Å²) >= 11 is 0. The topological polar surface area (TPSA) is 112 Å². The molecule has 0 aliphatic heterocycles. The van der Waals surface area contributed by atoms with E-state index in [0.717, 1.165) is 11.2 Å². The molecule has 4 rings (SSSR count). The molecule has 0 radical (unpaired) electrons. The minimum absolute atomic E-state index is 0.309. The van der Waals surface area contributed by atoms with Gasteiger partial charge in [0.1, 0.15) is 5.82 Å². The average Bonchev–Trinajstić information content (AvgIpc) is 3.07. The number of anilines is 5. The molecule has 2 aromatic carbocycles. The SMILES string of the molecule is Cc1cc2c(F)c(Nc3ccnc(Nc4ccc(N[SH](=O)=O)cc4)n3)ccc2[nH]1. The van der Waals surface area contributed by atoms with Crippen LogP contribution >= 0.6 is 0 Å². The number of rotatable bonds is 6. The van der Waals surface area contributed by atoms with Crippen molar-refractivity contribution in [2.24, 2.45) is 0 Å². The molecule has 0 saturated carbocycles. The second-order valence-corrected chi connectivity index (χ2v) is 7.04. The van der Waals surface area contributed by atoms with Crippen LogP contribution < -0.4 is 15.4 Å². The summed E-state index contributed by atoms with van der Waals surface area (Å²) < 4.78 is 38.4. The maximum Gasteiger partial charge on any atom is 0.229 e. The van der Waals surface area contributed by atoms with Gasteiger partial charge in [-0.25, -0.2) is 17.8 Å². The van der Waals surface area contributed by atoms with E-state index in [-0.39, 0.29) is 5.82 Å². The third kappa shape index (κ3) is 4.27. The van der Waals surface area contributed by atoms with Crippen molar-refractivity contribution in [3.63, 3.8) is 0 Å². The number of nitrogens with zero attached hydrogens (tertiary/aromatic N) is 2. The fraction of sp³-hybridized carbons (Fsp3) is 0.0526. The molecule has 4 N–H and O–H groups in total. The zero-order chi connectivity index (χ0) is 20.4. The second kappa shape index (κ2) is 7.76. The van der Waals surface area contributed by atoms with Crippen molar-refractivity contribution >= 4 is 50.6 Å². The van der Waals surface area contributed by atoms with E-state index in [9.17, 15) is 12.8 Å². The molecule has 0 saturated heterocycles.